The lowest BCUT2D eigenvalue weighted by Gasteiger charge is -2.08. The van der Waals surface area contributed by atoms with Crippen molar-refractivity contribution in [3.63, 3.8) is 0 Å². The molecule has 7 heteroatoms. The number of nitrogens with zero attached hydrogens (tertiary/aromatic N) is 2. The molecule has 0 fully saturated rings. The molecule has 1 aromatic heterocycles. The number of fused-ring (bicyclic) bond motifs is 1. The van der Waals surface area contributed by atoms with Crippen LogP contribution >= 0.6 is 0 Å². The molecule has 2 aromatic carbocycles. The summed E-state index contributed by atoms with van der Waals surface area (Å²) in [6.07, 6.45) is 1.64. The van der Waals surface area contributed by atoms with E-state index in [1.807, 2.05) is 24.3 Å². The number of methoxy groups -OCH3 is 1. The molecule has 0 atom stereocenters. The Labute approximate surface area is 143 Å². The number of ketones is 1. The fourth-order valence-corrected chi connectivity index (χ4v) is 2.43. The first-order valence-corrected chi connectivity index (χ1v) is 7.42. The van der Waals surface area contributed by atoms with Gasteiger partial charge in [0.25, 0.3) is 0 Å². The monoisotopic (exact) mass is 338 g/mol. The molecule has 0 spiro atoms. The van der Waals surface area contributed by atoms with E-state index in [9.17, 15) is 14.9 Å². The summed E-state index contributed by atoms with van der Waals surface area (Å²) in [5, 5.41) is 12.0. The number of Topliss-reactive ketones (excluding diaryl/α,β-unsaturated/α-hetero) is 1. The Kier molecular flexibility index (Phi) is 4.56. The number of carbonyl (C=O) groups excluding carboxylic acids is 1. The Morgan fingerprint density at radius 1 is 1.16 bits per heavy atom. The van der Waals surface area contributed by atoms with Gasteiger partial charge in [-0.15, -0.1) is 0 Å². The van der Waals surface area contributed by atoms with Crippen LogP contribution in [0.1, 0.15) is 10.4 Å². The number of ether oxygens (including phenoxy) is 2. The Balaban J connectivity index is 1.81. The topological polar surface area (TPSA) is 91.6 Å². The molecule has 0 saturated carbocycles. The van der Waals surface area contributed by atoms with Crippen LogP contribution in [0.2, 0.25) is 0 Å². The van der Waals surface area contributed by atoms with Gasteiger partial charge >= 0.3 is 5.69 Å². The van der Waals surface area contributed by atoms with E-state index in [1.165, 1.54) is 25.3 Å². The quantitative estimate of drug-likeness (QED) is 0.388. The van der Waals surface area contributed by atoms with Crippen LogP contribution in [0, 0.1) is 10.1 Å². The number of nitro groups is 1. The van der Waals surface area contributed by atoms with E-state index in [2.05, 4.69) is 4.98 Å². The van der Waals surface area contributed by atoms with Gasteiger partial charge in [0.1, 0.15) is 11.3 Å². The summed E-state index contributed by atoms with van der Waals surface area (Å²) in [5.74, 6) is 0.203. The molecule has 0 radical (unpaired) electrons. The van der Waals surface area contributed by atoms with Crippen molar-refractivity contribution in [1.82, 2.24) is 4.98 Å². The van der Waals surface area contributed by atoms with Crippen molar-refractivity contribution in [3.8, 4) is 11.5 Å². The van der Waals surface area contributed by atoms with E-state index >= 15 is 0 Å². The number of carbonyl (C=O) groups is 1. The van der Waals surface area contributed by atoms with Crippen LogP contribution in [0.5, 0.6) is 11.5 Å². The van der Waals surface area contributed by atoms with Gasteiger partial charge in [-0.2, -0.15) is 0 Å². The summed E-state index contributed by atoms with van der Waals surface area (Å²) in [6, 6.07) is 13.2. The average molecular weight is 338 g/mol. The molecule has 126 valence electrons. The standard InChI is InChI=1S/C18H14N2O5/c1-24-16-8-7-13(10-14(16)20(22)23)15(21)11-25-17-6-2-4-12-5-3-9-19-18(12)17/h2-10H,11H2,1H3. The third-order valence-corrected chi connectivity index (χ3v) is 3.65. The van der Waals surface area contributed by atoms with Crippen LogP contribution in [0.25, 0.3) is 10.9 Å². The minimum absolute atomic E-state index is 0.0979. The van der Waals surface area contributed by atoms with Gasteiger partial charge in [-0.05, 0) is 24.3 Å². The smallest absolute Gasteiger partial charge is 0.311 e. The van der Waals surface area contributed by atoms with E-state index in [0.29, 0.717) is 11.3 Å². The molecule has 0 N–H and O–H groups in total. The molecule has 0 aliphatic heterocycles. The predicted molar refractivity (Wildman–Crippen MR) is 91.2 cm³/mol. The van der Waals surface area contributed by atoms with Gasteiger partial charge in [-0.3, -0.25) is 19.9 Å². The van der Waals surface area contributed by atoms with Crippen molar-refractivity contribution in [1.29, 1.82) is 0 Å². The van der Waals surface area contributed by atoms with E-state index in [4.69, 9.17) is 9.47 Å². The summed E-state index contributed by atoms with van der Waals surface area (Å²) >= 11 is 0. The minimum Gasteiger partial charge on any atom is -0.490 e. The predicted octanol–water partition coefficient (Wildman–Crippen LogP) is 3.41. The third kappa shape index (κ3) is 3.40. The van der Waals surface area contributed by atoms with Crippen molar-refractivity contribution in [3.05, 3.63) is 70.4 Å². The van der Waals surface area contributed by atoms with E-state index in [-0.39, 0.29) is 29.4 Å². The van der Waals surface area contributed by atoms with Crippen LogP contribution in [-0.4, -0.2) is 29.4 Å². The highest BCUT2D eigenvalue weighted by Crippen LogP contribution is 2.28. The number of rotatable bonds is 6. The first kappa shape index (κ1) is 16.4. The maximum atomic E-state index is 12.3. The molecule has 0 saturated heterocycles. The maximum absolute atomic E-state index is 12.3. The number of aromatic nitrogens is 1. The second kappa shape index (κ2) is 6.96. The molecular formula is C18H14N2O5. The van der Waals surface area contributed by atoms with Crippen molar-refractivity contribution in [2.75, 3.05) is 13.7 Å². The highest BCUT2D eigenvalue weighted by molar-refractivity contribution is 5.98. The van der Waals surface area contributed by atoms with Gasteiger partial charge in [-0.1, -0.05) is 18.2 Å². The fourth-order valence-electron chi connectivity index (χ4n) is 2.43. The zero-order chi connectivity index (χ0) is 17.8. The maximum Gasteiger partial charge on any atom is 0.311 e. The third-order valence-electron chi connectivity index (χ3n) is 3.65. The molecule has 25 heavy (non-hydrogen) atoms. The number of hydrogen-bond acceptors (Lipinski definition) is 6. The molecule has 0 amide bonds. The normalized spacial score (nSPS) is 10.4. The molecule has 3 rings (SSSR count). The van der Waals surface area contributed by atoms with Gasteiger partial charge in [0.2, 0.25) is 0 Å². The second-order valence-corrected chi connectivity index (χ2v) is 5.19. The van der Waals surface area contributed by atoms with E-state index in [1.54, 1.807) is 12.3 Å². The average Bonchev–Trinajstić information content (AvgIpc) is 2.65. The summed E-state index contributed by atoms with van der Waals surface area (Å²) in [6.45, 7) is -0.251. The van der Waals surface area contributed by atoms with Crippen LogP contribution in [0.15, 0.2) is 54.7 Å². The lowest BCUT2D eigenvalue weighted by Crippen LogP contribution is -2.12. The Morgan fingerprint density at radius 2 is 1.96 bits per heavy atom. The molecule has 0 bridgehead atoms. The first-order chi connectivity index (χ1) is 12.1. The van der Waals surface area contributed by atoms with Gasteiger partial charge in [-0.25, -0.2) is 0 Å². The summed E-state index contributed by atoms with van der Waals surface area (Å²) in [5.41, 5.74) is 0.569. The zero-order valence-corrected chi connectivity index (χ0v) is 13.3. The number of pyridine rings is 1. The van der Waals surface area contributed by atoms with Crippen LogP contribution < -0.4 is 9.47 Å². The zero-order valence-electron chi connectivity index (χ0n) is 13.3. The largest absolute Gasteiger partial charge is 0.490 e. The summed E-state index contributed by atoms with van der Waals surface area (Å²) in [4.78, 5) is 27.0. The van der Waals surface area contributed by atoms with E-state index in [0.717, 1.165) is 5.39 Å². The number of nitro benzene ring substituents is 1. The Morgan fingerprint density at radius 3 is 2.72 bits per heavy atom. The van der Waals surface area contributed by atoms with Gasteiger partial charge < -0.3 is 9.47 Å². The lowest BCUT2D eigenvalue weighted by molar-refractivity contribution is -0.385. The van der Waals surface area contributed by atoms with Gasteiger partial charge in [0, 0.05) is 23.2 Å². The highest BCUT2D eigenvalue weighted by Gasteiger charge is 2.18. The van der Waals surface area contributed by atoms with Gasteiger partial charge in [0.15, 0.2) is 18.1 Å². The minimum atomic E-state index is -0.592. The first-order valence-electron chi connectivity index (χ1n) is 7.42. The summed E-state index contributed by atoms with van der Waals surface area (Å²) in [7, 11) is 1.33. The molecule has 3 aromatic rings. The molecule has 7 nitrogen and oxygen atoms in total. The number of para-hydroxylation sites is 1. The molecule has 0 unspecified atom stereocenters. The van der Waals surface area contributed by atoms with Crippen molar-refractivity contribution < 1.29 is 19.2 Å². The molecule has 1 heterocycles. The van der Waals surface area contributed by atoms with Crippen LogP contribution in [0.3, 0.4) is 0 Å². The SMILES string of the molecule is COc1ccc(C(=O)COc2cccc3cccnc23)cc1[N+](=O)[O-]. The number of hydrogen-bond donors (Lipinski definition) is 0. The van der Waals surface area contributed by atoms with Crippen LogP contribution in [0.4, 0.5) is 5.69 Å². The Hall–Kier alpha value is -3.48. The van der Waals surface area contributed by atoms with Crippen LogP contribution in [-0.2, 0) is 0 Å². The molecule has 0 aliphatic carbocycles. The highest BCUT2D eigenvalue weighted by atomic mass is 16.6. The van der Waals surface area contributed by atoms with Crippen molar-refractivity contribution >= 4 is 22.4 Å². The van der Waals surface area contributed by atoms with Gasteiger partial charge in [0.05, 0.1) is 12.0 Å². The molecular weight excluding hydrogens is 324 g/mol. The van der Waals surface area contributed by atoms with E-state index < -0.39 is 4.92 Å². The summed E-state index contributed by atoms with van der Waals surface area (Å²) < 4.78 is 10.5. The number of benzene rings is 2. The molecule has 0 aliphatic rings. The van der Waals surface area contributed by atoms with Crippen molar-refractivity contribution in [2.45, 2.75) is 0 Å². The Bertz CT molecular complexity index is 950. The fraction of sp³-hybridized carbons (Fsp3) is 0.111. The second-order valence-electron chi connectivity index (χ2n) is 5.19. The lowest BCUT2D eigenvalue weighted by atomic mass is 10.1. The van der Waals surface area contributed by atoms with Crippen molar-refractivity contribution in [2.24, 2.45) is 0 Å².